The van der Waals surface area contributed by atoms with Gasteiger partial charge in [0.1, 0.15) is 0 Å². The highest BCUT2D eigenvalue weighted by molar-refractivity contribution is 5.41. The summed E-state index contributed by atoms with van der Waals surface area (Å²) in [6, 6.07) is 9.20. The first-order chi connectivity index (χ1) is 9.53. The molecule has 20 heavy (non-hydrogen) atoms. The van der Waals surface area contributed by atoms with Gasteiger partial charge in [0.25, 0.3) is 0 Å². The minimum Gasteiger partial charge on any atom is -0.399 e. The maximum Gasteiger partial charge on any atom is 0.0314 e. The van der Waals surface area contributed by atoms with Crippen molar-refractivity contribution in [1.29, 1.82) is 0 Å². The van der Waals surface area contributed by atoms with Crippen LogP contribution in [0.15, 0.2) is 24.3 Å². The molecule has 1 aliphatic rings. The first kappa shape index (κ1) is 15.4. The summed E-state index contributed by atoms with van der Waals surface area (Å²) in [4.78, 5) is 2.73. The number of nitrogens with zero attached hydrogens (tertiary/aromatic N) is 1. The van der Waals surface area contributed by atoms with Gasteiger partial charge in [0.15, 0.2) is 0 Å². The molecule has 1 heterocycles. The second-order valence-electron chi connectivity index (χ2n) is 6.89. The van der Waals surface area contributed by atoms with E-state index in [-0.39, 0.29) is 5.41 Å². The van der Waals surface area contributed by atoms with Gasteiger partial charge in [0, 0.05) is 23.7 Å². The normalized spacial score (nSPS) is 21.6. The minimum atomic E-state index is 0.186. The van der Waals surface area contributed by atoms with Crippen LogP contribution in [0.1, 0.15) is 58.4 Å². The Hall–Kier alpha value is -1.02. The summed E-state index contributed by atoms with van der Waals surface area (Å²) in [6.07, 6.45) is 6.80. The number of hydrogen-bond acceptors (Lipinski definition) is 2. The van der Waals surface area contributed by atoms with Crippen molar-refractivity contribution in [3.8, 4) is 0 Å². The molecule has 1 fully saturated rings. The van der Waals surface area contributed by atoms with Crippen molar-refractivity contribution in [3.05, 3.63) is 29.8 Å². The molecule has 2 N–H and O–H groups in total. The van der Waals surface area contributed by atoms with Gasteiger partial charge in [0.2, 0.25) is 0 Å². The van der Waals surface area contributed by atoms with Gasteiger partial charge >= 0.3 is 0 Å². The second-order valence-corrected chi connectivity index (χ2v) is 6.89. The van der Waals surface area contributed by atoms with Gasteiger partial charge in [-0.3, -0.25) is 4.90 Å². The zero-order valence-electron chi connectivity index (χ0n) is 13.4. The number of likely N-dealkylation sites (tertiary alicyclic amines) is 1. The Morgan fingerprint density at radius 1 is 1.15 bits per heavy atom. The number of benzene rings is 1. The van der Waals surface area contributed by atoms with E-state index in [1.807, 2.05) is 12.1 Å². The van der Waals surface area contributed by atoms with E-state index >= 15 is 0 Å². The van der Waals surface area contributed by atoms with Crippen LogP contribution >= 0.6 is 0 Å². The Balaban J connectivity index is 2.10. The van der Waals surface area contributed by atoms with Crippen LogP contribution < -0.4 is 5.73 Å². The zero-order chi connectivity index (χ0) is 14.6. The Morgan fingerprint density at radius 2 is 1.85 bits per heavy atom. The molecule has 0 amide bonds. The maximum atomic E-state index is 5.81. The first-order valence-corrected chi connectivity index (χ1v) is 8.13. The monoisotopic (exact) mass is 274 g/mol. The Kier molecular flexibility index (Phi) is 5.09. The lowest BCUT2D eigenvalue weighted by molar-refractivity contribution is 0.160. The average molecular weight is 274 g/mol. The molecule has 1 atom stereocenters. The summed E-state index contributed by atoms with van der Waals surface area (Å²) in [7, 11) is 0. The van der Waals surface area contributed by atoms with E-state index in [0.717, 1.165) is 18.3 Å². The predicted octanol–water partition coefficient (Wildman–Crippen LogP) is 4.20. The summed E-state index contributed by atoms with van der Waals surface area (Å²) < 4.78 is 0. The molecule has 2 heteroatoms. The average Bonchev–Trinajstić information content (AvgIpc) is 2.63. The van der Waals surface area contributed by atoms with Crippen LogP contribution in [-0.4, -0.2) is 24.0 Å². The molecule has 1 saturated heterocycles. The van der Waals surface area contributed by atoms with E-state index in [9.17, 15) is 0 Å². The molecule has 0 aliphatic carbocycles. The van der Waals surface area contributed by atoms with E-state index in [0.29, 0.717) is 0 Å². The van der Waals surface area contributed by atoms with Gasteiger partial charge < -0.3 is 5.73 Å². The first-order valence-electron chi connectivity index (χ1n) is 8.13. The summed E-state index contributed by atoms with van der Waals surface area (Å²) >= 11 is 0. The molecule has 112 valence electrons. The van der Waals surface area contributed by atoms with Gasteiger partial charge in [-0.1, -0.05) is 45.7 Å². The smallest absolute Gasteiger partial charge is 0.0314 e. The third kappa shape index (κ3) is 3.76. The molecule has 0 radical (unpaired) electrons. The molecule has 2 nitrogen and oxygen atoms in total. The Labute approximate surface area is 124 Å². The van der Waals surface area contributed by atoms with Gasteiger partial charge in [-0.05, 0) is 43.5 Å². The quantitative estimate of drug-likeness (QED) is 0.834. The third-order valence-electron chi connectivity index (χ3n) is 4.76. The lowest BCUT2D eigenvalue weighted by Crippen LogP contribution is -2.42. The van der Waals surface area contributed by atoms with E-state index in [1.165, 1.54) is 44.2 Å². The van der Waals surface area contributed by atoms with Crippen molar-refractivity contribution >= 4 is 5.69 Å². The van der Waals surface area contributed by atoms with Crippen LogP contribution in [0.4, 0.5) is 5.69 Å². The molecular weight excluding hydrogens is 244 g/mol. The number of anilines is 1. The second kappa shape index (κ2) is 6.62. The Bertz CT molecular complexity index is 408. The molecular formula is C18H30N2. The highest BCUT2D eigenvalue weighted by Gasteiger charge is 2.28. The largest absolute Gasteiger partial charge is 0.399 e. The zero-order valence-corrected chi connectivity index (χ0v) is 13.4. The van der Waals surface area contributed by atoms with Crippen molar-refractivity contribution in [2.75, 3.05) is 18.8 Å². The van der Waals surface area contributed by atoms with Crippen LogP contribution in [0, 0.1) is 0 Å². The number of nitrogens with two attached hydrogens (primary N) is 1. The molecule has 0 aromatic heterocycles. The van der Waals surface area contributed by atoms with Crippen molar-refractivity contribution in [2.45, 2.75) is 64.3 Å². The van der Waals surface area contributed by atoms with Gasteiger partial charge in [-0.2, -0.15) is 0 Å². The van der Waals surface area contributed by atoms with Gasteiger partial charge in [-0.25, -0.2) is 0 Å². The van der Waals surface area contributed by atoms with Gasteiger partial charge in [0.05, 0.1) is 0 Å². The summed E-state index contributed by atoms with van der Waals surface area (Å²) in [6.45, 7) is 9.46. The highest BCUT2D eigenvalue weighted by atomic mass is 15.2. The molecule has 1 aromatic rings. The number of nitrogen functional groups attached to an aromatic ring is 1. The summed E-state index contributed by atoms with van der Waals surface area (Å²) in [5, 5.41) is 0. The molecule has 2 rings (SSSR count). The molecule has 1 aliphatic heterocycles. The van der Waals surface area contributed by atoms with E-state index in [1.54, 1.807) is 0 Å². The maximum absolute atomic E-state index is 5.81. The number of rotatable bonds is 4. The van der Waals surface area contributed by atoms with Crippen LogP contribution in [0.2, 0.25) is 0 Å². The van der Waals surface area contributed by atoms with Crippen LogP contribution in [0.3, 0.4) is 0 Å². The van der Waals surface area contributed by atoms with E-state index in [4.69, 9.17) is 5.73 Å². The fraction of sp³-hybridized carbons (Fsp3) is 0.667. The van der Waals surface area contributed by atoms with Crippen molar-refractivity contribution in [2.24, 2.45) is 0 Å². The topological polar surface area (TPSA) is 29.3 Å². The van der Waals surface area contributed by atoms with Crippen molar-refractivity contribution in [3.63, 3.8) is 0 Å². The van der Waals surface area contributed by atoms with Crippen molar-refractivity contribution in [1.82, 2.24) is 4.90 Å². The minimum absolute atomic E-state index is 0.186. The van der Waals surface area contributed by atoms with E-state index in [2.05, 4.69) is 37.8 Å². The summed E-state index contributed by atoms with van der Waals surface area (Å²) in [5.41, 5.74) is 8.24. The predicted molar refractivity (Wildman–Crippen MR) is 88.0 cm³/mol. The molecule has 1 aromatic carbocycles. The lowest BCUT2D eigenvalue weighted by Gasteiger charge is -2.37. The summed E-state index contributed by atoms with van der Waals surface area (Å²) in [5.74, 6) is 0. The van der Waals surface area contributed by atoms with Crippen molar-refractivity contribution < 1.29 is 0 Å². The Morgan fingerprint density at radius 3 is 2.50 bits per heavy atom. The molecule has 1 unspecified atom stereocenters. The fourth-order valence-electron chi connectivity index (χ4n) is 3.44. The third-order valence-corrected chi connectivity index (χ3v) is 4.76. The fourth-order valence-corrected chi connectivity index (χ4v) is 3.44. The SMILES string of the molecule is CCC1CCCCCN1CC(C)(C)c1ccc(N)cc1. The lowest BCUT2D eigenvalue weighted by atomic mass is 9.83. The standard InChI is InChI=1S/C18H30N2/c1-4-17-8-6-5-7-13-20(17)14-18(2,3)15-9-11-16(19)12-10-15/h9-12,17H,4-8,13-14,19H2,1-3H3. The van der Waals surface area contributed by atoms with Crippen LogP contribution in [-0.2, 0) is 5.41 Å². The molecule has 0 bridgehead atoms. The van der Waals surface area contributed by atoms with Gasteiger partial charge in [-0.15, -0.1) is 0 Å². The number of hydrogen-bond donors (Lipinski definition) is 1. The molecule has 0 spiro atoms. The highest BCUT2D eigenvalue weighted by Crippen LogP contribution is 2.28. The molecule has 0 saturated carbocycles. The van der Waals surface area contributed by atoms with Crippen LogP contribution in [0.5, 0.6) is 0 Å². The van der Waals surface area contributed by atoms with Crippen LogP contribution in [0.25, 0.3) is 0 Å². The van der Waals surface area contributed by atoms with E-state index < -0.39 is 0 Å².